The first-order valence-electron chi connectivity index (χ1n) is 8.03. The van der Waals surface area contributed by atoms with Crippen molar-refractivity contribution in [3.63, 3.8) is 0 Å². The minimum atomic E-state index is 0.155. The maximum absolute atomic E-state index is 12.7. The van der Waals surface area contributed by atoms with E-state index in [2.05, 4.69) is 23.9 Å². The van der Waals surface area contributed by atoms with Gasteiger partial charge in [0.15, 0.2) is 5.78 Å². The molecule has 21 heavy (non-hydrogen) atoms. The van der Waals surface area contributed by atoms with Crippen LogP contribution in [0.3, 0.4) is 0 Å². The predicted octanol–water partition coefficient (Wildman–Crippen LogP) is 2.93. The molecule has 2 aliphatic heterocycles. The molecule has 0 spiro atoms. The van der Waals surface area contributed by atoms with Gasteiger partial charge in [-0.25, -0.2) is 0 Å². The van der Waals surface area contributed by atoms with E-state index in [1.165, 1.54) is 12.8 Å². The number of piperidine rings is 1. The van der Waals surface area contributed by atoms with E-state index in [0.29, 0.717) is 30.0 Å². The number of pyridine rings is 1. The number of ether oxygens (including phenoxy) is 1. The van der Waals surface area contributed by atoms with Crippen molar-refractivity contribution in [2.24, 2.45) is 5.92 Å². The second kappa shape index (κ2) is 6.14. The fourth-order valence-electron chi connectivity index (χ4n) is 3.71. The average Bonchev–Trinajstić information content (AvgIpc) is 2.74. The van der Waals surface area contributed by atoms with Crippen molar-refractivity contribution in [1.29, 1.82) is 0 Å². The molecule has 0 N–H and O–H groups in total. The third-order valence-corrected chi connectivity index (χ3v) is 4.94. The van der Waals surface area contributed by atoms with Gasteiger partial charge in [0.05, 0.1) is 12.8 Å². The van der Waals surface area contributed by atoms with E-state index in [9.17, 15) is 4.79 Å². The van der Waals surface area contributed by atoms with Crippen LogP contribution < -0.4 is 4.74 Å². The summed E-state index contributed by atoms with van der Waals surface area (Å²) in [6.07, 6.45) is 8.78. The van der Waals surface area contributed by atoms with Gasteiger partial charge in [-0.05, 0) is 45.2 Å². The van der Waals surface area contributed by atoms with E-state index in [1.807, 2.05) is 6.07 Å². The van der Waals surface area contributed by atoms with E-state index in [0.717, 1.165) is 19.3 Å². The van der Waals surface area contributed by atoms with Crippen LogP contribution in [0.5, 0.6) is 5.75 Å². The molecule has 3 heterocycles. The molecular formula is C17H24N2O2. The van der Waals surface area contributed by atoms with Crippen molar-refractivity contribution < 1.29 is 9.53 Å². The molecule has 1 aromatic rings. The number of aromatic nitrogens is 1. The number of Topliss-reactive ketones (excluding diaryl/α,β-unsaturated/α-hetero) is 1. The maximum Gasteiger partial charge on any atom is 0.167 e. The number of carbonyl (C=O) groups is 1. The Morgan fingerprint density at radius 3 is 2.71 bits per heavy atom. The van der Waals surface area contributed by atoms with Gasteiger partial charge in [-0.15, -0.1) is 0 Å². The van der Waals surface area contributed by atoms with Crippen LogP contribution >= 0.6 is 0 Å². The molecule has 0 saturated carbocycles. The number of ketones is 1. The smallest absolute Gasteiger partial charge is 0.167 e. The number of nitrogens with zero attached hydrogens (tertiary/aromatic N) is 2. The molecule has 0 radical (unpaired) electrons. The van der Waals surface area contributed by atoms with E-state index < -0.39 is 0 Å². The Kier molecular flexibility index (Phi) is 4.24. The molecule has 0 amide bonds. The van der Waals surface area contributed by atoms with Crippen molar-refractivity contribution in [3.05, 3.63) is 24.0 Å². The fourth-order valence-corrected chi connectivity index (χ4v) is 3.71. The zero-order chi connectivity index (χ0) is 14.8. The summed E-state index contributed by atoms with van der Waals surface area (Å²) in [4.78, 5) is 19.4. The van der Waals surface area contributed by atoms with E-state index >= 15 is 0 Å². The topological polar surface area (TPSA) is 42.4 Å². The largest absolute Gasteiger partial charge is 0.492 e. The first kappa shape index (κ1) is 14.5. The lowest BCUT2D eigenvalue weighted by molar-refractivity contribution is 0.0766. The molecule has 4 heteroatoms. The maximum atomic E-state index is 12.7. The summed E-state index contributed by atoms with van der Waals surface area (Å²) in [5.41, 5.74) is 0.706. The molecule has 1 aromatic heterocycles. The lowest BCUT2D eigenvalue weighted by Gasteiger charge is -2.35. The van der Waals surface area contributed by atoms with Gasteiger partial charge in [0, 0.05) is 29.8 Å². The lowest BCUT2D eigenvalue weighted by Crippen LogP contribution is -2.42. The average molecular weight is 288 g/mol. The third kappa shape index (κ3) is 2.95. The van der Waals surface area contributed by atoms with Crippen LogP contribution in [0, 0.1) is 5.92 Å². The summed E-state index contributed by atoms with van der Waals surface area (Å²) in [6.45, 7) is 2.73. The normalized spacial score (nSPS) is 28.6. The fraction of sp³-hybridized carbons (Fsp3) is 0.647. The highest BCUT2D eigenvalue weighted by Gasteiger charge is 2.41. The Hall–Kier alpha value is -1.42. The SMILES string of the molecule is CCCOc1cncc(C(=O)C2CC3CCC(C2)N3C)c1. The first-order chi connectivity index (χ1) is 10.2. The van der Waals surface area contributed by atoms with Crippen molar-refractivity contribution >= 4 is 5.78 Å². The highest BCUT2D eigenvalue weighted by atomic mass is 16.5. The van der Waals surface area contributed by atoms with E-state index in [4.69, 9.17) is 4.74 Å². The Balaban J connectivity index is 1.70. The lowest BCUT2D eigenvalue weighted by atomic mass is 9.85. The van der Waals surface area contributed by atoms with Crippen molar-refractivity contribution in [2.45, 2.75) is 51.1 Å². The van der Waals surface area contributed by atoms with Gasteiger partial charge in [0.25, 0.3) is 0 Å². The number of hydrogen-bond acceptors (Lipinski definition) is 4. The molecule has 2 saturated heterocycles. The van der Waals surface area contributed by atoms with Crippen LogP contribution in [0.2, 0.25) is 0 Å². The highest BCUT2D eigenvalue weighted by molar-refractivity contribution is 5.98. The van der Waals surface area contributed by atoms with Crippen molar-refractivity contribution in [3.8, 4) is 5.75 Å². The van der Waals surface area contributed by atoms with E-state index in [-0.39, 0.29) is 11.7 Å². The zero-order valence-electron chi connectivity index (χ0n) is 12.9. The summed E-state index contributed by atoms with van der Waals surface area (Å²) >= 11 is 0. The molecule has 2 atom stereocenters. The minimum absolute atomic E-state index is 0.155. The third-order valence-electron chi connectivity index (χ3n) is 4.94. The van der Waals surface area contributed by atoms with Gasteiger partial charge in [-0.1, -0.05) is 6.92 Å². The molecule has 2 fully saturated rings. The van der Waals surface area contributed by atoms with Crippen LogP contribution in [0.15, 0.2) is 18.5 Å². The Labute approximate surface area is 126 Å². The Morgan fingerprint density at radius 2 is 2.05 bits per heavy atom. The van der Waals surface area contributed by atoms with E-state index in [1.54, 1.807) is 12.4 Å². The molecule has 4 nitrogen and oxygen atoms in total. The number of fused-ring (bicyclic) bond motifs is 2. The summed E-state index contributed by atoms with van der Waals surface area (Å²) < 4.78 is 5.58. The Morgan fingerprint density at radius 1 is 1.33 bits per heavy atom. The molecule has 2 bridgehead atoms. The van der Waals surface area contributed by atoms with Crippen LogP contribution in [-0.2, 0) is 0 Å². The highest BCUT2D eigenvalue weighted by Crippen LogP contribution is 2.38. The number of hydrogen-bond donors (Lipinski definition) is 0. The second-order valence-electron chi connectivity index (χ2n) is 6.34. The van der Waals surface area contributed by atoms with Crippen LogP contribution in [0.1, 0.15) is 49.4 Å². The number of carbonyl (C=O) groups excluding carboxylic acids is 1. The van der Waals surface area contributed by atoms with Crippen LogP contribution in [-0.4, -0.2) is 41.4 Å². The monoisotopic (exact) mass is 288 g/mol. The summed E-state index contributed by atoms with van der Waals surface area (Å²) in [7, 11) is 2.20. The van der Waals surface area contributed by atoms with Crippen molar-refractivity contribution in [2.75, 3.05) is 13.7 Å². The van der Waals surface area contributed by atoms with Gasteiger partial charge in [0.2, 0.25) is 0 Å². The van der Waals surface area contributed by atoms with Crippen LogP contribution in [0.25, 0.3) is 0 Å². The van der Waals surface area contributed by atoms with Gasteiger partial charge < -0.3 is 9.64 Å². The molecular weight excluding hydrogens is 264 g/mol. The first-order valence-corrected chi connectivity index (χ1v) is 8.03. The quantitative estimate of drug-likeness (QED) is 0.781. The molecule has 114 valence electrons. The Bertz CT molecular complexity index is 503. The zero-order valence-corrected chi connectivity index (χ0v) is 12.9. The molecule has 0 aliphatic carbocycles. The van der Waals surface area contributed by atoms with Gasteiger partial charge in [-0.2, -0.15) is 0 Å². The minimum Gasteiger partial charge on any atom is -0.492 e. The van der Waals surface area contributed by atoms with Gasteiger partial charge >= 0.3 is 0 Å². The molecule has 2 unspecified atom stereocenters. The van der Waals surface area contributed by atoms with Gasteiger partial charge in [0.1, 0.15) is 5.75 Å². The standard InChI is InChI=1S/C17H24N2O2/c1-3-6-21-16-9-13(10-18-11-16)17(20)12-7-14-4-5-15(8-12)19(14)2/h9-12,14-15H,3-8H2,1-2H3. The number of rotatable bonds is 5. The predicted molar refractivity (Wildman–Crippen MR) is 81.7 cm³/mol. The van der Waals surface area contributed by atoms with Crippen molar-refractivity contribution in [1.82, 2.24) is 9.88 Å². The molecule has 2 aliphatic rings. The van der Waals surface area contributed by atoms with Crippen LogP contribution in [0.4, 0.5) is 0 Å². The summed E-state index contributed by atoms with van der Waals surface area (Å²) in [5, 5.41) is 0. The van der Waals surface area contributed by atoms with Gasteiger partial charge in [-0.3, -0.25) is 9.78 Å². The summed E-state index contributed by atoms with van der Waals surface area (Å²) in [6, 6.07) is 3.03. The molecule has 0 aromatic carbocycles. The second-order valence-corrected chi connectivity index (χ2v) is 6.34. The summed E-state index contributed by atoms with van der Waals surface area (Å²) in [5.74, 6) is 1.11. The molecule has 3 rings (SSSR count).